The molecule has 0 atom stereocenters. The molecule has 0 saturated carbocycles. The minimum atomic E-state index is -3.63. The molecule has 92 valence electrons. The van der Waals surface area contributed by atoms with Crippen molar-refractivity contribution in [3.8, 4) is 0 Å². The quantitative estimate of drug-likeness (QED) is 0.914. The number of carboxylic acid groups (broad SMARTS) is 1. The third kappa shape index (κ3) is 3.31. The lowest BCUT2D eigenvalue weighted by Crippen LogP contribution is -2.09. The highest BCUT2D eigenvalue weighted by atomic mass is 35.5. The maximum atomic E-state index is 11.8. The Balaban J connectivity index is 3.30. The lowest BCUT2D eigenvalue weighted by molar-refractivity contribution is 0.0696. The highest BCUT2D eigenvalue weighted by Crippen LogP contribution is 2.19. The van der Waals surface area contributed by atoms with Crippen LogP contribution in [-0.4, -0.2) is 25.2 Å². The normalized spacial score (nSPS) is 11.2. The van der Waals surface area contributed by atoms with E-state index in [1.165, 1.54) is 12.1 Å². The molecule has 0 radical (unpaired) electrons. The summed E-state index contributed by atoms with van der Waals surface area (Å²) in [6.45, 7) is 4.91. The van der Waals surface area contributed by atoms with Gasteiger partial charge in [-0.3, -0.25) is 0 Å². The number of benzene rings is 1. The van der Waals surface area contributed by atoms with Crippen LogP contribution >= 0.6 is 11.6 Å². The van der Waals surface area contributed by atoms with Gasteiger partial charge in [-0.1, -0.05) is 24.2 Å². The molecule has 0 bridgehead atoms. The van der Waals surface area contributed by atoms with Gasteiger partial charge in [-0.05, 0) is 24.6 Å². The zero-order valence-corrected chi connectivity index (χ0v) is 10.7. The molecule has 1 N–H and O–H groups in total. The molecule has 0 amide bonds. The van der Waals surface area contributed by atoms with Gasteiger partial charge in [0.25, 0.3) is 0 Å². The molecule has 0 saturated heterocycles. The molecule has 0 aliphatic heterocycles. The molecular formula is C11H11ClO4S. The van der Waals surface area contributed by atoms with E-state index in [0.29, 0.717) is 5.56 Å². The minimum absolute atomic E-state index is 0.0116. The summed E-state index contributed by atoms with van der Waals surface area (Å²) in [7, 11) is -3.63. The van der Waals surface area contributed by atoms with Crippen LogP contribution in [0.2, 0.25) is 0 Å². The zero-order chi connectivity index (χ0) is 13.2. The predicted octanol–water partition coefficient (Wildman–Crippen LogP) is 2.22. The van der Waals surface area contributed by atoms with Gasteiger partial charge in [-0.2, -0.15) is 0 Å². The molecule has 1 rings (SSSR count). The van der Waals surface area contributed by atoms with Crippen molar-refractivity contribution in [3.63, 3.8) is 0 Å². The maximum Gasteiger partial charge on any atom is 0.335 e. The summed E-state index contributed by atoms with van der Waals surface area (Å²) in [4.78, 5) is 10.8. The Hall–Kier alpha value is -1.33. The van der Waals surface area contributed by atoms with Crippen molar-refractivity contribution in [2.75, 3.05) is 5.75 Å². The number of halogens is 1. The summed E-state index contributed by atoms with van der Waals surface area (Å²) < 4.78 is 23.6. The van der Waals surface area contributed by atoms with Crippen LogP contribution < -0.4 is 0 Å². The number of carbonyl (C=O) groups is 1. The first-order chi connectivity index (χ1) is 7.74. The van der Waals surface area contributed by atoms with Crippen molar-refractivity contribution in [1.29, 1.82) is 0 Å². The average molecular weight is 275 g/mol. The first kappa shape index (κ1) is 13.7. The third-order valence-electron chi connectivity index (χ3n) is 2.15. The molecule has 0 aliphatic carbocycles. The number of aryl methyl sites for hydroxylation is 1. The van der Waals surface area contributed by atoms with Crippen LogP contribution in [0.25, 0.3) is 0 Å². The second-order valence-electron chi connectivity index (χ2n) is 3.56. The highest BCUT2D eigenvalue weighted by molar-refractivity contribution is 7.91. The van der Waals surface area contributed by atoms with Gasteiger partial charge in [0.15, 0.2) is 9.84 Å². The van der Waals surface area contributed by atoms with Gasteiger partial charge in [-0.15, -0.1) is 0 Å². The summed E-state index contributed by atoms with van der Waals surface area (Å²) in [5.41, 5.74) is 0.465. The van der Waals surface area contributed by atoms with E-state index in [9.17, 15) is 13.2 Å². The van der Waals surface area contributed by atoms with Crippen LogP contribution in [0.5, 0.6) is 0 Å². The molecule has 6 heteroatoms. The second-order valence-corrected chi connectivity index (χ2v) is 6.08. The summed E-state index contributed by atoms with van der Waals surface area (Å²) in [6, 6.07) is 3.94. The molecule has 0 aliphatic rings. The van der Waals surface area contributed by atoms with Crippen molar-refractivity contribution in [2.45, 2.75) is 11.8 Å². The van der Waals surface area contributed by atoms with E-state index in [-0.39, 0.29) is 15.5 Å². The molecule has 17 heavy (non-hydrogen) atoms. The fourth-order valence-electron chi connectivity index (χ4n) is 1.31. The third-order valence-corrected chi connectivity index (χ3v) is 4.14. The van der Waals surface area contributed by atoms with Gasteiger partial charge in [-0.25, -0.2) is 13.2 Å². The number of rotatable bonds is 4. The smallest absolute Gasteiger partial charge is 0.335 e. The van der Waals surface area contributed by atoms with E-state index in [4.69, 9.17) is 16.7 Å². The fraction of sp³-hybridized carbons (Fsp3) is 0.182. The lowest BCUT2D eigenvalue weighted by Gasteiger charge is -2.06. The average Bonchev–Trinajstić information content (AvgIpc) is 2.15. The van der Waals surface area contributed by atoms with Gasteiger partial charge < -0.3 is 5.11 Å². The maximum absolute atomic E-state index is 11.8. The van der Waals surface area contributed by atoms with Crippen LogP contribution in [0.1, 0.15) is 15.9 Å². The van der Waals surface area contributed by atoms with Crippen LogP contribution in [0, 0.1) is 6.92 Å². The topological polar surface area (TPSA) is 71.4 Å². The van der Waals surface area contributed by atoms with Gasteiger partial charge >= 0.3 is 5.97 Å². The lowest BCUT2D eigenvalue weighted by atomic mass is 10.1. The largest absolute Gasteiger partial charge is 0.478 e. The Kier molecular flexibility index (Phi) is 3.95. The molecule has 0 spiro atoms. The number of aromatic carboxylic acids is 1. The molecular weight excluding hydrogens is 264 g/mol. The Bertz CT molecular complexity index is 575. The first-order valence-electron chi connectivity index (χ1n) is 4.64. The van der Waals surface area contributed by atoms with E-state index < -0.39 is 21.6 Å². The highest BCUT2D eigenvalue weighted by Gasteiger charge is 2.18. The van der Waals surface area contributed by atoms with Gasteiger partial charge in [0.1, 0.15) is 0 Å². The molecule has 0 heterocycles. The molecule has 0 fully saturated rings. The van der Waals surface area contributed by atoms with Crippen molar-refractivity contribution >= 4 is 27.4 Å². The Labute approximate surface area is 104 Å². The van der Waals surface area contributed by atoms with Crippen molar-refractivity contribution < 1.29 is 18.3 Å². The van der Waals surface area contributed by atoms with Crippen LogP contribution in [0.4, 0.5) is 0 Å². The summed E-state index contributed by atoms with van der Waals surface area (Å²) in [6.07, 6.45) is 0. The zero-order valence-electron chi connectivity index (χ0n) is 9.10. The molecule has 0 aromatic heterocycles. The molecule has 1 aromatic carbocycles. The number of hydrogen-bond donors (Lipinski definition) is 1. The summed E-state index contributed by atoms with van der Waals surface area (Å²) in [5, 5.41) is 8.89. The van der Waals surface area contributed by atoms with E-state index in [2.05, 4.69) is 6.58 Å². The van der Waals surface area contributed by atoms with E-state index >= 15 is 0 Å². The van der Waals surface area contributed by atoms with E-state index in [1.807, 2.05) is 0 Å². The number of sulfone groups is 1. The molecule has 0 unspecified atom stereocenters. The van der Waals surface area contributed by atoms with Crippen molar-refractivity contribution in [1.82, 2.24) is 0 Å². The second kappa shape index (κ2) is 4.89. The minimum Gasteiger partial charge on any atom is -0.478 e. The van der Waals surface area contributed by atoms with E-state index in [1.54, 1.807) is 6.92 Å². The fourth-order valence-corrected chi connectivity index (χ4v) is 2.90. The summed E-state index contributed by atoms with van der Waals surface area (Å²) >= 11 is 5.46. The monoisotopic (exact) mass is 274 g/mol. The van der Waals surface area contributed by atoms with Crippen LogP contribution in [0.15, 0.2) is 34.7 Å². The van der Waals surface area contributed by atoms with Gasteiger partial charge in [0.05, 0.1) is 16.2 Å². The van der Waals surface area contributed by atoms with Crippen LogP contribution in [-0.2, 0) is 9.84 Å². The summed E-state index contributed by atoms with van der Waals surface area (Å²) in [5.74, 6) is -1.57. The molecule has 4 nitrogen and oxygen atoms in total. The van der Waals surface area contributed by atoms with Crippen molar-refractivity contribution in [3.05, 3.63) is 40.9 Å². The number of hydrogen-bond acceptors (Lipinski definition) is 3. The van der Waals surface area contributed by atoms with E-state index in [0.717, 1.165) is 6.07 Å². The Morgan fingerprint density at radius 2 is 2.06 bits per heavy atom. The van der Waals surface area contributed by atoms with Gasteiger partial charge in [0.2, 0.25) is 0 Å². The molecule has 1 aromatic rings. The Morgan fingerprint density at radius 1 is 1.47 bits per heavy atom. The SMILES string of the molecule is C=C(Cl)CS(=O)(=O)c1ccc(C)c(C(=O)O)c1. The Morgan fingerprint density at radius 3 is 2.53 bits per heavy atom. The number of carboxylic acids is 1. The predicted molar refractivity (Wildman–Crippen MR) is 65.2 cm³/mol. The standard InChI is InChI=1S/C11H11ClO4S/c1-7-3-4-9(5-10(7)11(13)14)17(15,16)6-8(2)12/h3-5H,2,6H2,1H3,(H,13,14). The van der Waals surface area contributed by atoms with Crippen molar-refractivity contribution in [2.24, 2.45) is 0 Å². The van der Waals surface area contributed by atoms with Crippen LogP contribution in [0.3, 0.4) is 0 Å². The van der Waals surface area contributed by atoms with Gasteiger partial charge in [0, 0.05) is 5.03 Å². The first-order valence-corrected chi connectivity index (χ1v) is 6.67.